The number of carbonyl (C=O) groups is 1. The Bertz CT molecular complexity index is 741. The summed E-state index contributed by atoms with van der Waals surface area (Å²) in [6.45, 7) is 0.231. The third-order valence-corrected chi connectivity index (χ3v) is 3.87. The largest absolute Gasteiger partial charge is 0.508 e. The summed E-state index contributed by atoms with van der Waals surface area (Å²) in [5.41, 5.74) is 2.65. The Morgan fingerprint density at radius 1 is 1.10 bits per heavy atom. The van der Waals surface area contributed by atoms with Crippen LogP contribution in [0.25, 0.3) is 0 Å². The topological polar surface area (TPSA) is 67.8 Å². The van der Waals surface area contributed by atoms with Crippen LogP contribution < -0.4 is 14.8 Å². The van der Waals surface area contributed by atoms with Crippen molar-refractivity contribution in [3.8, 4) is 17.2 Å². The Kier molecular flexibility index (Phi) is 2.54. The van der Waals surface area contributed by atoms with Gasteiger partial charge in [0.2, 0.25) is 12.7 Å². The summed E-state index contributed by atoms with van der Waals surface area (Å²) in [5.74, 6) is 1.46. The molecule has 2 aliphatic rings. The number of aromatic hydroxyl groups is 1. The zero-order valence-corrected chi connectivity index (χ0v) is 11.1. The number of rotatable bonds is 1. The highest BCUT2D eigenvalue weighted by Gasteiger charge is 2.28. The Hall–Kier alpha value is -2.69. The van der Waals surface area contributed by atoms with Crippen LogP contribution in [0.4, 0.5) is 5.69 Å². The molecule has 0 aliphatic carbocycles. The SMILES string of the molecule is O=C1C[C@@H](c2ccc3c(c2)OCO3)c2ccc(O)cc2N1. The van der Waals surface area contributed by atoms with Crippen LogP contribution in [-0.4, -0.2) is 17.8 Å². The molecule has 0 unspecified atom stereocenters. The lowest BCUT2D eigenvalue weighted by atomic mass is 9.84. The van der Waals surface area contributed by atoms with E-state index in [-0.39, 0.29) is 24.4 Å². The monoisotopic (exact) mass is 283 g/mol. The first-order chi connectivity index (χ1) is 10.2. The maximum Gasteiger partial charge on any atom is 0.231 e. The molecule has 5 nitrogen and oxygen atoms in total. The van der Waals surface area contributed by atoms with Gasteiger partial charge in [-0.25, -0.2) is 0 Å². The molecule has 5 heteroatoms. The average Bonchev–Trinajstić information content (AvgIpc) is 2.93. The van der Waals surface area contributed by atoms with Crippen molar-refractivity contribution in [1.82, 2.24) is 0 Å². The molecule has 0 radical (unpaired) electrons. The van der Waals surface area contributed by atoms with Crippen LogP contribution in [0, 0.1) is 0 Å². The van der Waals surface area contributed by atoms with Crippen LogP contribution in [0.15, 0.2) is 36.4 Å². The number of hydrogen-bond donors (Lipinski definition) is 2. The number of fused-ring (bicyclic) bond motifs is 2. The molecule has 0 spiro atoms. The second-order valence-corrected chi connectivity index (χ2v) is 5.19. The molecule has 0 fully saturated rings. The first kappa shape index (κ1) is 12.1. The van der Waals surface area contributed by atoms with E-state index >= 15 is 0 Å². The number of carbonyl (C=O) groups excluding carboxylic acids is 1. The van der Waals surface area contributed by atoms with E-state index < -0.39 is 0 Å². The lowest BCUT2D eigenvalue weighted by Gasteiger charge is -2.26. The Labute approximate surface area is 121 Å². The van der Waals surface area contributed by atoms with E-state index in [4.69, 9.17) is 9.47 Å². The van der Waals surface area contributed by atoms with E-state index in [2.05, 4.69) is 5.32 Å². The maximum absolute atomic E-state index is 11.9. The van der Waals surface area contributed by atoms with Gasteiger partial charge in [-0.3, -0.25) is 4.79 Å². The van der Waals surface area contributed by atoms with Crippen LogP contribution >= 0.6 is 0 Å². The van der Waals surface area contributed by atoms with E-state index in [0.29, 0.717) is 17.9 Å². The molecule has 1 atom stereocenters. The number of benzene rings is 2. The first-order valence-corrected chi connectivity index (χ1v) is 6.73. The zero-order chi connectivity index (χ0) is 14.4. The highest BCUT2D eigenvalue weighted by atomic mass is 16.7. The highest BCUT2D eigenvalue weighted by molar-refractivity contribution is 5.95. The molecule has 21 heavy (non-hydrogen) atoms. The molecule has 0 saturated heterocycles. The van der Waals surface area contributed by atoms with Crippen molar-refractivity contribution < 1.29 is 19.4 Å². The summed E-state index contributed by atoms with van der Waals surface area (Å²) in [5, 5.41) is 12.4. The predicted molar refractivity (Wildman–Crippen MR) is 75.8 cm³/mol. The second-order valence-electron chi connectivity index (χ2n) is 5.19. The molecular weight excluding hydrogens is 270 g/mol. The Balaban J connectivity index is 1.80. The summed E-state index contributed by atoms with van der Waals surface area (Å²) < 4.78 is 10.7. The van der Waals surface area contributed by atoms with Crippen molar-refractivity contribution in [2.24, 2.45) is 0 Å². The minimum atomic E-state index is -0.0595. The van der Waals surface area contributed by atoms with Gasteiger partial charge in [-0.05, 0) is 29.3 Å². The predicted octanol–water partition coefficient (Wildman–Crippen LogP) is 2.60. The van der Waals surface area contributed by atoms with Crippen molar-refractivity contribution >= 4 is 11.6 Å². The smallest absolute Gasteiger partial charge is 0.231 e. The van der Waals surface area contributed by atoms with Gasteiger partial charge >= 0.3 is 0 Å². The average molecular weight is 283 g/mol. The Morgan fingerprint density at radius 3 is 2.86 bits per heavy atom. The molecular formula is C16H13NO4. The Morgan fingerprint density at radius 2 is 1.95 bits per heavy atom. The number of ether oxygens (including phenoxy) is 2. The number of anilines is 1. The molecule has 0 saturated carbocycles. The van der Waals surface area contributed by atoms with Gasteiger partial charge in [0.15, 0.2) is 11.5 Å². The van der Waals surface area contributed by atoms with Gasteiger partial charge in [0, 0.05) is 24.1 Å². The molecule has 106 valence electrons. The molecule has 2 heterocycles. The minimum Gasteiger partial charge on any atom is -0.508 e. The number of nitrogens with one attached hydrogen (secondary N) is 1. The standard InChI is InChI=1S/C16H13NO4/c18-10-2-3-11-12(7-16(19)17-13(11)6-10)9-1-4-14-15(5-9)21-8-20-14/h1-6,12,18H,7-8H2,(H,17,19)/t12-/m0/s1. The van der Waals surface area contributed by atoms with Gasteiger partial charge in [-0.15, -0.1) is 0 Å². The normalized spacial score (nSPS) is 19.0. The van der Waals surface area contributed by atoms with E-state index in [1.54, 1.807) is 12.1 Å². The molecule has 2 aromatic rings. The van der Waals surface area contributed by atoms with Crippen molar-refractivity contribution in [3.63, 3.8) is 0 Å². The van der Waals surface area contributed by atoms with Gasteiger partial charge in [-0.2, -0.15) is 0 Å². The molecule has 0 bridgehead atoms. The van der Waals surface area contributed by atoms with Crippen LogP contribution in [-0.2, 0) is 4.79 Å². The van der Waals surface area contributed by atoms with Crippen molar-refractivity contribution in [2.75, 3.05) is 12.1 Å². The lowest BCUT2D eigenvalue weighted by molar-refractivity contribution is -0.116. The van der Waals surface area contributed by atoms with Crippen LogP contribution in [0.1, 0.15) is 23.5 Å². The van der Waals surface area contributed by atoms with Gasteiger partial charge in [-0.1, -0.05) is 12.1 Å². The highest BCUT2D eigenvalue weighted by Crippen LogP contribution is 2.42. The summed E-state index contributed by atoms with van der Waals surface area (Å²) in [6.07, 6.45) is 0.372. The fourth-order valence-electron chi connectivity index (χ4n) is 2.88. The summed E-state index contributed by atoms with van der Waals surface area (Å²) in [7, 11) is 0. The van der Waals surface area contributed by atoms with E-state index in [1.165, 1.54) is 0 Å². The van der Waals surface area contributed by atoms with Crippen LogP contribution in [0.2, 0.25) is 0 Å². The lowest BCUT2D eigenvalue weighted by Crippen LogP contribution is -2.23. The van der Waals surface area contributed by atoms with Crippen LogP contribution in [0.5, 0.6) is 17.2 Å². The molecule has 4 rings (SSSR count). The molecule has 2 N–H and O–H groups in total. The first-order valence-electron chi connectivity index (χ1n) is 6.73. The molecule has 2 aromatic carbocycles. The maximum atomic E-state index is 11.9. The van der Waals surface area contributed by atoms with Gasteiger partial charge in [0.1, 0.15) is 5.75 Å². The zero-order valence-electron chi connectivity index (χ0n) is 11.1. The van der Waals surface area contributed by atoms with Crippen molar-refractivity contribution in [3.05, 3.63) is 47.5 Å². The molecule has 2 aliphatic heterocycles. The number of phenolic OH excluding ortho intramolecular Hbond substituents is 1. The van der Waals surface area contributed by atoms with Crippen molar-refractivity contribution in [1.29, 1.82) is 0 Å². The summed E-state index contributed by atoms with van der Waals surface area (Å²) >= 11 is 0. The van der Waals surface area contributed by atoms with Gasteiger partial charge < -0.3 is 19.9 Å². The fraction of sp³-hybridized carbons (Fsp3) is 0.188. The minimum absolute atomic E-state index is 0.0520. The second kappa shape index (κ2) is 4.41. The number of hydrogen-bond acceptors (Lipinski definition) is 4. The van der Waals surface area contributed by atoms with E-state index in [1.807, 2.05) is 24.3 Å². The quantitative estimate of drug-likeness (QED) is 0.844. The third-order valence-electron chi connectivity index (χ3n) is 3.87. The third kappa shape index (κ3) is 1.98. The molecule has 0 aromatic heterocycles. The number of amides is 1. The van der Waals surface area contributed by atoms with Gasteiger partial charge in [0.25, 0.3) is 0 Å². The molecule has 1 amide bonds. The summed E-state index contributed by atoms with van der Waals surface area (Å²) in [4.78, 5) is 11.9. The fourth-order valence-corrected chi connectivity index (χ4v) is 2.88. The van der Waals surface area contributed by atoms with Gasteiger partial charge in [0.05, 0.1) is 0 Å². The van der Waals surface area contributed by atoms with E-state index in [0.717, 1.165) is 16.9 Å². The summed E-state index contributed by atoms with van der Waals surface area (Å²) in [6, 6.07) is 10.8. The van der Waals surface area contributed by atoms with E-state index in [9.17, 15) is 9.90 Å². The number of phenols is 1. The van der Waals surface area contributed by atoms with Crippen molar-refractivity contribution in [2.45, 2.75) is 12.3 Å². The van der Waals surface area contributed by atoms with Crippen LogP contribution in [0.3, 0.4) is 0 Å².